The maximum Gasteiger partial charge on any atom is 0.294 e. The Hall–Kier alpha value is -3.50. The fourth-order valence-electron chi connectivity index (χ4n) is 3.89. The predicted octanol–water partition coefficient (Wildman–Crippen LogP) is 4.00. The number of hydrogen-bond acceptors (Lipinski definition) is 8. The highest BCUT2D eigenvalue weighted by Crippen LogP contribution is 2.35. The summed E-state index contributed by atoms with van der Waals surface area (Å²) in [7, 11) is 1.54. The van der Waals surface area contributed by atoms with Gasteiger partial charge in [0.15, 0.2) is 11.5 Å². The zero-order valence-corrected chi connectivity index (χ0v) is 21.1. The van der Waals surface area contributed by atoms with Crippen LogP contribution in [-0.2, 0) is 14.3 Å². The van der Waals surface area contributed by atoms with E-state index in [0.29, 0.717) is 42.6 Å². The lowest BCUT2D eigenvalue weighted by Gasteiger charge is -2.30. The van der Waals surface area contributed by atoms with Crippen LogP contribution in [0.1, 0.15) is 18.9 Å². The Morgan fingerprint density at radius 3 is 2.67 bits per heavy atom. The second-order valence-corrected chi connectivity index (χ2v) is 9.18. The molecule has 0 bridgehead atoms. The van der Waals surface area contributed by atoms with Gasteiger partial charge in [-0.15, -0.1) is 0 Å². The SMILES string of the molecule is CCCOc1ccc(/C=C2\SC(=O)N(CC(=O)Nc3ccccc3N3CCOCC3)C2=O)cc1OC. The summed E-state index contributed by atoms with van der Waals surface area (Å²) in [4.78, 5) is 41.6. The number of imide groups is 1. The van der Waals surface area contributed by atoms with E-state index in [2.05, 4.69) is 10.2 Å². The number of hydrogen-bond donors (Lipinski definition) is 1. The Kier molecular flexibility index (Phi) is 8.50. The van der Waals surface area contributed by atoms with Crippen LogP contribution < -0.4 is 19.7 Å². The third-order valence-corrected chi connectivity index (χ3v) is 6.56. The van der Waals surface area contributed by atoms with E-state index >= 15 is 0 Å². The number of carbonyl (C=O) groups excluding carboxylic acids is 3. The molecule has 36 heavy (non-hydrogen) atoms. The van der Waals surface area contributed by atoms with Gasteiger partial charge in [-0.25, -0.2) is 0 Å². The van der Waals surface area contributed by atoms with Crippen LogP contribution in [0, 0.1) is 0 Å². The molecule has 9 nitrogen and oxygen atoms in total. The minimum atomic E-state index is -0.508. The van der Waals surface area contributed by atoms with Gasteiger partial charge < -0.3 is 24.4 Å². The number of carbonyl (C=O) groups is 3. The van der Waals surface area contributed by atoms with E-state index in [9.17, 15) is 14.4 Å². The zero-order valence-electron chi connectivity index (χ0n) is 20.3. The molecular formula is C26H29N3O6S. The Morgan fingerprint density at radius 2 is 1.92 bits per heavy atom. The molecular weight excluding hydrogens is 482 g/mol. The van der Waals surface area contributed by atoms with Gasteiger partial charge in [0.05, 0.1) is 43.2 Å². The fraction of sp³-hybridized carbons (Fsp3) is 0.346. The summed E-state index contributed by atoms with van der Waals surface area (Å²) in [6, 6.07) is 12.8. The van der Waals surface area contributed by atoms with Gasteiger partial charge in [0.2, 0.25) is 5.91 Å². The first kappa shape index (κ1) is 25.6. The van der Waals surface area contributed by atoms with Gasteiger partial charge in [-0.2, -0.15) is 0 Å². The van der Waals surface area contributed by atoms with Crippen LogP contribution in [-0.4, -0.2) is 68.5 Å². The summed E-state index contributed by atoms with van der Waals surface area (Å²) in [6.45, 7) is 4.88. The number of amides is 3. The van der Waals surface area contributed by atoms with E-state index in [1.54, 1.807) is 37.5 Å². The number of thioether (sulfide) groups is 1. The number of benzene rings is 2. The topological polar surface area (TPSA) is 97.4 Å². The molecule has 1 N–H and O–H groups in total. The van der Waals surface area contributed by atoms with Crippen molar-refractivity contribution in [2.45, 2.75) is 13.3 Å². The van der Waals surface area contributed by atoms with Crippen molar-refractivity contribution in [2.75, 3.05) is 56.8 Å². The molecule has 2 fully saturated rings. The molecule has 190 valence electrons. The summed E-state index contributed by atoms with van der Waals surface area (Å²) in [5, 5.41) is 2.36. The molecule has 2 aliphatic heterocycles. The summed E-state index contributed by atoms with van der Waals surface area (Å²) in [5.74, 6) is 0.193. The first-order valence-corrected chi connectivity index (χ1v) is 12.6. The van der Waals surface area contributed by atoms with Crippen LogP contribution in [0.4, 0.5) is 16.2 Å². The smallest absolute Gasteiger partial charge is 0.294 e. The number of rotatable bonds is 9. The summed E-state index contributed by atoms with van der Waals surface area (Å²) in [6.07, 6.45) is 2.48. The van der Waals surface area contributed by atoms with Gasteiger partial charge in [0.1, 0.15) is 6.54 Å². The van der Waals surface area contributed by atoms with Crippen LogP contribution >= 0.6 is 11.8 Å². The van der Waals surface area contributed by atoms with Crippen LogP contribution in [0.15, 0.2) is 47.4 Å². The summed E-state index contributed by atoms with van der Waals surface area (Å²) < 4.78 is 16.5. The highest BCUT2D eigenvalue weighted by atomic mass is 32.2. The van der Waals surface area contributed by atoms with E-state index in [-0.39, 0.29) is 11.4 Å². The lowest BCUT2D eigenvalue weighted by Crippen LogP contribution is -2.38. The van der Waals surface area contributed by atoms with Gasteiger partial charge in [-0.1, -0.05) is 25.1 Å². The molecule has 0 atom stereocenters. The van der Waals surface area contributed by atoms with Gasteiger partial charge in [-0.05, 0) is 54.1 Å². The van der Waals surface area contributed by atoms with Crippen molar-refractivity contribution in [3.05, 3.63) is 52.9 Å². The van der Waals surface area contributed by atoms with E-state index in [4.69, 9.17) is 14.2 Å². The van der Waals surface area contributed by atoms with Gasteiger partial charge in [-0.3, -0.25) is 19.3 Å². The molecule has 0 spiro atoms. The van der Waals surface area contributed by atoms with E-state index in [1.807, 2.05) is 25.1 Å². The van der Waals surface area contributed by atoms with Crippen molar-refractivity contribution >= 4 is 46.3 Å². The number of ether oxygens (including phenoxy) is 3. The lowest BCUT2D eigenvalue weighted by molar-refractivity contribution is -0.127. The molecule has 3 amide bonds. The molecule has 0 aliphatic carbocycles. The average Bonchev–Trinajstić information content (AvgIpc) is 3.15. The quantitative estimate of drug-likeness (QED) is 0.505. The third kappa shape index (κ3) is 6.00. The second kappa shape index (κ2) is 12.0. The standard InChI is InChI=1S/C26H29N3O6S/c1-3-12-35-21-9-8-18(15-22(21)33-2)16-23-25(31)29(26(32)36-23)17-24(30)27-19-6-4-5-7-20(19)28-10-13-34-14-11-28/h4-9,15-16H,3,10-14,17H2,1-2H3,(H,27,30)/b23-16-. The Bertz CT molecular complexity index is 1160. The summed E-state index contributed by atoms with van der Waals surface area (Å²) >= 11 is 0.807. The van der Waals surface area contributed by atoms with Crippen molar-refractivity contribution in [2.24, 2.45) is 0 Å². The van der Waals surface area contributed by atoms with Gasteiger partial charge >= 0.3 is 0 Å². The lowest BCUT2D eigenvalue weighted by atomic mass is 10.2. The van der Waals surface area contributed by atoms with Crippen molar-refractivity contribution in [3.63, 3.8) is 0 Å². The average molecular weight is 512 g/mol. The molecule has 2 aliphatic rings. The Labute approximate surface area is 214 Å². The van der Waals surface area contributed by atoms with Crippen molar-refractivity contribution in [1.29, 1.82) is 0 Å². The van der Waals surface area contributed by atoms with Crippen LogP contribution in [0.5, 0.6) is 11.5 Å². The second-order valence-electron chi connectivity index (χ2n) is 8.19. The number of anilines is 2. The van der Waals surface area contributed by atoms with E-state index in [1.165, 1.54) is 0 Å². The van der Waals surface area contributed by atoms with Gasteiger partial charge in [0.25, 0.3) is 11.1 Å². The molecule has 0 unspecified atom stereocenters. The highest BCUT2D eigenvalue weighted by molar-refractivity contribution is 8.18. The molecule has 0 saturated carbocycles. The summed E-state index contributed by atoms with van der Waals surface area (Å²) in [5.41, 5.74) is 2.19. The number of nitrogens with zero attached hydrogens (tertiary/aromatic N) is 2. The molecule has 2 saturated heterocycles. The van der Waals surface area contributed by atoms with Crippen molar-refractivity contribution < 1.29 is 28.6 Å². The van der Waals surface area contributed by atoms with Crippen LogP contribution in [0.3, 0.4) is 0 Å². The minimum Gasteiger partial charge on any atom is -0.493 e. The zero-order chi connectivity index (χ0) is 25.5. The first-order chi connectivity index (χ1) is 17.5. The van der Waals surface area contributed by atoms with Crippen molar-refractivity contribution in [3.8, 4) is 11.5 Å². The van der Waals surface area contributed by atoms with E-state index in [0.717, 1.165) is 41.9 Å². The molecule has 0 aromatic heterocycles. The molecule has 4 rings (SSSR count). The first-order valence-electron chi connectivity index (χ1n) is 11.8. The number of para-hydroxylation sites is 2. The third-order valence-electron chi connectivity index (χ3n) is 5.65. The molecule has 2 aromatic carbocycles. The number of morpholine rings is 1. The minimum absolute atomic E-state index is 0.241. The maximum absolute atomic E-state index is 12.9. The van der Waals surface area contributed by atoms with Gasteiger partial charge in [0, 0.05) is 13.1 Å². The fourth-order valence-corrected chi connectivity index (χ4v) is 4.72. The molecule has 2 aromatic rings. The molecule has 10 heteroatoms. The Morgan fingerprint density at radius 1 is 1.14 bits per heavy atom. The largest absolute Gasteiger partial charge is 0.493 e. The monoisotopic (exact) mass is 511 g/mol. The number of methoxy groups -OCH3 is 1. The number of nitrogens with one attached hydrogen (secondary N) is 1. The Balaban J connectivity index is 1.43. The molecule has 0 radical (unpaired) electrons. The maximum atomic E-state index is 12.9. The van der Waals surface area contributed by atoms with Crippen LogP contribution in [0.25, 0.3) is 6.08 Å². The predicted molar refractivity (Wildman–Crippen MR) is 140 cm³/mol. The molecule has 2 heterocycles. The van der Waals surface area contributed by atoms with Crippen LogP contribution in [0.2, 0.25) is 0 Å². The highest BCUT2D eigenvalue weighted by Gasteiger charge is 2.36. The normalized spacial score (nSPS) is 17.0. The van der Waals surface area contributed by atoms with Crippen molar-refractivity contribution in [1.82, 2.24) is 4.90 Å². The van der Waals surface area contributed by atoms with E-state index < -0.39 is 17.1 Å².